The highest BCUT2D eigenvalue weighted by Crippen LogP contribution is 2.43. The van der Waals surface area contributed by atoms with E-state index >= 15 is 0 Å². The Kier molecular flexibility index (Phi) is 29.7. The molecule has 2 atom stereocenters. The third-order valence-corrected chi connectivity index (χ3v) is 8.09. The molecule has 0 aromatic rings. The van der Waals surface area contributed by atoms with E-state index in [1.165, 1.54) is 12.8 Å². The van der Waals surface area contributed by atoms with E-state index < -0.39 is 13.9 Å². The standard InChI is InChI=1S/C37H68NO7P/c1-6-8-10-12-14-16-18-19-20-21-23-25-27-29-32-42-34-36(35-44-46(40,41)43-33-31-38(3,4)5)45-37(39)30-28-26-24-22-17-15-13-11-9-7-2/h8,10-11,13-14,16,19-20,36H,6-7,9,12,15,17-18,21-35H2,1-5H3/p+1/b10-8-,13-11-,16-14-,20-19-. The van der Waals surface area contributed by atoms with Gasteiger partial charge < -0.3 is 18.9 Å². The number of esters is 1. The zero-order valence-electron chi connectivity index (χ0n) is 30.0. The molecule has 0 aliphatic heterocycles. The third-order valence-electron chi connectivity index (χ3n) is 7.11. The lowest BCUT2D eigenvalue weighted by molar-refractivity contribution is -0.870. The van der Waals surface area contributed by atoms with Gasteiger partial charge >= 0.3 is 13.8 Å². The first-order chi connectivity index (χ1) is 22.1. The lowest BCUT2D eigenvalue weighted by Crippen LogP contribution is -2.37. The molecule has 0 heterocycles. The molecule has 1 N–H and O–H groups in total. The number of carbonyl (C=O) groups is 1. The van der Waals surface area contributed by atoms with Gasteiger partial charge in [0.15, 0.2) is 0 Å². The van der Waals surface area contributed by atoms with Crippen LogP contribution in [0.25, 0.3) is 0 Å². The molecule has 0 rings (SSSR count). The van der Waals surface area contributed by atoms with Gasteiger partial charge in [-0.05, 0) is 64.2 Å². The number of rotatable bonds is 32. The number of carbonyl (C=O) groups excluding carboxylic acids is 1. The molecule has 0 bridgehead atoms. The Morgan fingerprint density at radius 3 is 1.91 bits per heavy atom. The van der Waals surface area contributed by atoms with Crippen LogP contribution < -0.4 is 0 Å². The van der Waals surface area contributed by atoms with Crippen molar-refractivity contribution in [1.29, 1.82) is 0 Å². The maximum Gasteiger partial charge on any atom is 0.472 e. The molecule has 0 fully saturated rings. The van der Waals surface area contributed by atoms with Gasteiger partial charge in [-0.25, -0.2) is 4.57 Å². The minimum atomic E-state index is -4.27. The molecule has 0 spiro atoms. The number of hydrogen-bond acceptors (Lipinski definition) is 6. The largest absolute Gasteiger partial charge is 0.472 e. The quantitative estimate of drug-likeness (QED) is 0.0251. The molecule has 0 saturated heterocycles. The molecule has 0 aliphatic carbocycles. The van der Waals surface area contributed by atoms with Gasteiger partial charge in [0.05, 0.1) is 34.4 Å². The second-order valence-corrected chi connectivity index (χ2v) is 14.3. The molecule has 0 radical (unpaired) electrons. The molecule has 0 amide bonds. The van der Waals surface area contributed by atoms with Gasteiger partial charge in [-0.15, -0.1) is 0 Å². The van der Waals surface area contributed by atoms with Crippen molar-refractivity contribution in [2.75, 3.05) is 54.1 Å². The SMILES string of the molecule is CC/C=C\C/C=C\C/C=C\CCCCCCOCC(COP(=O)(O)OCC[N+](C)(C)C)OC(=O)CCCCCCC/C=C\CCC. The van der Waals surface area contributed by atoms with Gasteiger partial charge in [0.25, 0.3) is 0 Å². The van der Waals surface area contributed by atoms with Crippen LogP contribution in [0.4, 0.5) is 0 Å². The molecule has 0 aromatic heterocycles. The van der Waals surface area contributed by atoms with Crippen molar-refractivity contribution in [3.8, 4) is 0 Å². The minimum Gasteiger partial charge on any atom is -0.457 e. The van der Waals surface area contributed by atoms with E-state index in [0.29, 0.717) is 24.1 Å². The molecule has 0 aromatic carbocycles. The summed E-state index contributed by atoms with van der Waals surface area (Å²) in [6, 6.07) is 0. The van der Waals surface area contributed by atoms with Crippen LogP contribution in [-0.4, -0.2) is 75.6 Å². The number of unbranched alkanes of at least 4 members (excludes halogenated alkanes) is 10. The van der Waals surface area contributed by atoms with Crippen molar-refractivity contribution in [3.05, 3.63) is 48.6 Å². The fraction of sp³-hybridized carbons (Fsp3) is 0.757. The first kappa shape index (κ1) is 44.5. The summed E-state index contributed by atoms with van der Waals surface area (Å²) >= 11 is 0. The Labute approximate surface area is 282 Å². The van der Waals surface area contributed by atoms with Crippen molar-refractivity contribution in [2.45, 2.75) is 129 Å². The smallest absolute Gasteiger partial charge is 0.457 e. The maximum absolute atomic E-state index is 12.5. The van der Waals surface area contributed by atoms with E-state index in [1.807, 2.05) is 21.1 Å². The molecule has 0 aliphatic rings. The summed E-state index contributed by atoms with van der Waals surface area (Å²) < 4.78 is 34.7. The Bertz CT molecular complexity index is 879. The molecule has 46 heavy (non-hydrogen) atoms. The highest BCUT2D eigenvalue weighted by molar-refractivity contribution is 7.47. The number of phosphoric ester groups is 1. The number of ether oxygens (including phenoxy) is 2. The van der Waals surface area contributed by atoms with E-state index in [2.05, 4.69) is 62.5 Å². The van der Waals surface area contributed by atoms with Crippen LogP contribution in [-0.2, 0) is 27.9 Å². The molecule has 8 nitrogen and oxygen atoms in total. The highest BCUT2D eigenvalue weighted by Gasteiger charge is 2.26. The van der Waals surface area contributed by atoms with Gasteiger partial charge in [0, 0.05) is 13.0 Å². The third kappa shape index (κ3) is 33.8. The van der Waals surface area contributed by atoms with Crippen LogP contribution in [0.15, 0.2) is 48.6 Å². The Morgan fingerprint density at radius 1 is 0.696 bits per heavy atom. The van der Waals surface area contributed by atoms with E-state index in [1.54, 1.807) is 0 Å². The average Bonchev–Trinajstić information content (AvgIpc) is 2.99. The Hall–Kier alpha value is -1.54. The number of allylic oxidation sites excluding steroid dienone is 8. The average molecular weight is 671 g/mol. The molecule has 268 valence electrons. The summed E-state index contributed by atoms with van der Waals surface area (Å²) in [5, 5.41) is 0. The van der Waals surface area contributed by atoms with Crippen LogP contribution >= 0.6 is 7.82 Å². The second-order valence-electron chi connectivity index (χ2n) is 12.9. The number of phosphoric acid groups is 1. The van der Waals surface area contributed by atoms with Crippen molar-refractivity contribution >= 4 is 13.8 Å². The van der Waals surface area contributed by atoms with Crippen molar-refractivity contribution < 1.29 is 37.3 Å². The summed E-state index contributed by atoms with van der Waals surface area (Å²) in [5.41, 5.74) is 0. The zero-order chi connectivity index (χ0) is 34.2. The summed E-state index contributed by atoms with van der Waals surface area (Å²) in [4.78, 5) is 22.7. The predicted octanol–water partition coefficient (Wildman–Crippen LogP) is 9.65. The van der Waals surface area contributed by atoms with Crippen LogP contribution in [0, 0.1) is 0 Å². The zero-order valence-corrected chi connectivity index (χ0v) is 30.9. The molecular formula is C37H69NO7P+. The highest BCUT2D eigenvalue weighted by atomic mass is 31.2. The fourth-order valence-corrected chi connectivity index (χ4v) is 5.07. The van der Waals surface area contributed by atoms with E-state index in [-0.39, 0.29) is 25.8 Å². The molecule has 2 unspecified atom stereocenters. The number of nitrogens with zero attached hydrogens (tertiary/aromatic N) is 1. The minimum absolute atomic E-state index is 0.0804. The lowest BCUT2D eigenvalue weighted by Gasteiger charge is -2.24. The van der Waals surface area contributed by atoms with Crippen LogP contribution in [0.3, 0.4) is 0 Å². The summed E-state index contributed by atoms with van der Waals surface area (Å²) in [7, 11) is 1.63. The lowest BCUT2D eigenvalue weighted by atomic mass is 10.1. The Balaban J connectivity index is 4.39. The molecule has 9 heteroatoms. The van der Waals surface area contributed by atoms with Gasteiger partial charge in [-0.1, -0.05) is 101 Å². The topological polar surface area (TPSA) is 91.3 Å². The normalized spacial score (nSPS) is 14.7. The summed E-state index contributed by atoms with van der Waals surface area (Å²) in [6.45, 7) is 5.35. The number of hydrogen-bond donors (Lipinski definition) is 1. The van der Waals surface area contributed by atoms with Crippen LogP contribution in [0.1, 0.15) is 123 Å². The van der Waals surface area contributed by atoms with E-state index in [9.17, 15) is 14.3 Å². The van der Waals surface area contributed by atoms with Gasteiger partial charge in [0.2, 0.25) is 0 Å². The van der Waals surface area contributed by atoms with Crippen molar-refractivity contribution in [2.24, 2.45) is 0 Å². The number of likely N-dealkylation sites (N-methyl/N-ethyl adjacent to an activating group) is 1. The van der Waals surface area contributed by atoms with E-state index in [4.69, 9.17) is 18.5 Å². The monoisotopic (exact) mass is 670 g/mol. The first-order valence-corrected chi connectivity index (χ1v) is 19.4. The van der Waals surface area contributed by atoms with Crippen molar-refractivity contribution in [1.82, 2.24) is 0 Å². The van der Waals surface area contributed by atoms with Gasteiger partial charge in [-0.3, -0.25) is 13.8 Å². The van der Waals surface area contributed by atoms with Crippen LogP contribution in [0.5, 0.6) is 0 Å². The van der Waals surface area contributed by atoms with E-state index in [0.717, 1.165) is 89.9 Å². The molecular weight excluding hydrogens is 601 g/mol. The van der Waals surface area contributed by atoms with Crippen molar-refractivity contribution in [3.63, 3.8) is 0 Å². The first-order valence-electron chi connectivity index (χ1n) is 17.9. The Morgan fingerprint density at radius 2 is 1.26 bits per heavy atom. The second kappa shape index (κ2) is 30.8. The van der Waals surface area contributed by atoms with Gasteiger partial charge in [-0.2, -0.15) is 0 Å². The fourth-order valence-electron chi connectivity index (χ4n) is 4.33. The maximum atomic E-state index is 12.5. The predicted molar refractivity (Wildman–Crippen MR) is 192 cm³/mol. The number of quaternary nitrogens is 1. The molecule has 0 saturated carbocycles. The summed E-state index contributed by atoms with van der Waals surface area (Å²) in [6.07, 6.45) is 34.3. The van der Waals surface area contributed by atoms with Gasteiger partial charge in [0.1, 0.15) is 19.3 Å². The summed E-state index contributed by atoms with van der Waals surface area (Å²) in [5.74, 6) is -0.338. The van der Waals surface area contributed by atoms with Crippen LogP contribution in [0.2, 0.25) is 0 Å².